The summed E-state index contributed by atoms with van der Waals surface area (Å²) in [5, 5.41) is 9.20. The Bertz CT molecular complexity index is 507. The molecule has 0 amide bonds. The van der Waals surface area contributed by atoms with Gasteiger partial charge in [0.05, 0.1) is 0 Å². The van der Waals surface area contributed by atoms with Crippen molar-refractivity contribution < 1.29 is 18.3 Å². The van der Waals surface area contributed by atoms with Crippen LogP contribution in [0.3, 0.4) is 0 Å². The van der Waals surface area contributed by atoms with E-state index in [0.29, 0.717) is 31.3 Å². The van der Waals surface area contributed by atoms with Gasteiger partial charge in [0.15, 0.2) is 0 Å². The van der Waals surface area contributed by atoms with Gasteiger partial charge in [-0.3, -0.25) is 4.79 Å². The summed E-state index contributed by atoms with van der Waals surface area (Å²) in [6.45, 7) is 0.773. The summed E-state index contributed by atoms with van der Waals surface area (Å²) in [5.41, 5.74) is 0. The Morgan fingerprint density at radius 2 is 2.00 bits per heavy atom. The highest BCUT2D eigenvalue weighted by molar-refractivity contribution is 7.87. The number of carboxylic acid groups (broad SMARTS) is 1. The van der Waals surface area contributed by atoms with Gasteiger partial charge >= 0.3 is 5.97 Å². The third-order valence-corrected chi connectivity index (χ3v) is 7.05. The Morgan fingerprint density at radius 3 is 2.62 bits per heavy atom. The van der Waals surface area contributed by atoms with Crippen molar-refractivity contribution in [2.75, 3.05) is 13.1 Å². The first-order valence-electron chi connectivity index (χ1n) is 7.96. The summed E-state index contributed by atoms with van der Waals surface area (Å²) in [6.07, 6.45) is 6.79. The summed E-state index contributed by atoms with van der Waals surface area (Å²) < 4.78 is 28.6. The minimum Gasteiger partial charge on any atom is -0.480 e. The number of aliphatic carboxylic acids is 1. The Balaban J connectivity index is 1.61. The Morgan fingerprint density at radius 1 is 1.19 bits per heavy atom. The van der Waals surface area contributed by atoms with Crippen LogP contribution in [0.5, 0.6) is 0 Å². The first kappa shape index (κ1) is 15.2. The molecule has 1 heterocycles. The zero-order valence-corrected chi connectivity index (χ0v) is 13.0. The van der Waals surface area contributed by atoms with Crippen LogP contribution in [0, 0.1) is 17.8 Å². The molecule has 3 rings (SSSR count). The average molecular weight is 316 g/mol. The van der Waals surface area contributed by atoms with Crippen LogP contribution in [-0.2, 0) is 15.0 Å². The van der Waals surface area contributed by atoms with Crippen LogP contribution in [0.4, 0.5) is 0 Å². The van der Waals surface area contributed by atoms with Crippen molar-refractivity contribution in [3.63, 3.8) is 0 Å². The molecule has 3 aliphatic rings. The molecule has 0 spiro atoms. The molecule has 1 aliphatic heterocycles. The van der Waals surface area contributed by atoms with Gasteiger partial charge in [-0.25, -0.2) is 4.72 Å². The molecule has 120 valence electrons. The number of rotatable bonds is 5. The maximum Gasteiger partial charge on any atom is 0.322 e. The summed E-state index contributed by atoms with van der Waals surface area (Å²) >= 11 is 0. The summed E-state index contributed by atoms with van der Waals surface area (Å²) in [5.74, 6) is 0.840. The van der Waals surface area contributed by atoms with Crippen LogP contribution < -0.4 is 4.72 Å². The molecule has 0 aromatic carbocycles. The third kappa shape index (κ3) is 3.10. The highest BCUT2D eigenvalue weighted by atomic mass is 32.2. The predicted octanol–water partition coefficient (Wildman–Crippen LogP) is 1.20. The quantitative estimate of drug-likeness (QED) is 0.798. The number of carbonyl (C=O) groups is 1. The average Bonchev–Trinajstić information content (AvgIpc) is 3.08. The Hall–Kier alpha value is -0.660. The molecule has 2 saturated carbocycles. The van der Waals surface area contributed by atoms with Crippen molar-refractivity contribution in [3.8, 4) is 0 Å². The van der Waals surface area contributed by atoms with Crippen LogP contribution in [0.2, 0.25) is 0 Å². The zero-order chi connectivity index (χ0) is 15.0. The number of carboxylic acids is 1. The maximum atomic E-state index is 12.4. The lowest BCUT2D eigenvalue weighted by molar-refractivity contribution is -0.142. The molecule has 2 aliphatic carbocycles. The minimum atomic E-state index is -3.68. The summed E-state index contributed by atoms with van der Waals surface area (Å²) in [6, 6.07) is -0.906. The molecule has 4 atom stereocenters. The summed E-state index contributed by atoms with van der Waals surface area (Å²) in [4.78, 5) is 11.2. The first-order valence-corrected chi connectivity index (χ1v) is 9.40. The van der Waals surface area contributed by atoms with Crippen molar-refractivity contribution in [2.24, 2.45) is 17.8 Å². The van der Waals surface area contributed by atoms with Crippen LogP contribution in [0.15, 0.2) is 0 Å². The van der Waals surface area contributed by atoms with E-state index in [2.05, 4.69) is 4.72 Å². The second-order valence-electron chi connectivity index (χ2n) is 6.75. The van der Waals surface area contributed by atoms with Gasteiger partial charge in [-0.15, -0.1) is 0 Å². The molecule has 3 fully saturated rings. The highest BCUT2D eigenvalue weighted by Crippen LogP contribution is 2.48. The topological polar surface area (TPSA) is 86.7 Å². The SMILES string of the molecule is O=C(O)C1CCCCN1S(=O)(=O)NCC1CC2CCC1C2. The fourth-order valence-corrected chi connectivity index (χ4v) is 5.85. The molecule has 2 bridgehead atoms. The van der Waals surface area contributed by atoms with Crippen molar-refractivity contribution in [1.29, 1.82) is 0 Å². The van der Waals surface area contributed by atoms with Gasteiger partial charge in [0.25, 0.3) is 10.2 Å². The monoisotopic (exact) mass is 316 g/mol. The minimum absolute atomic E-state index is 0.309. The molecule has 0 aromatic heterocycles. The van der Waals surface area contributed by atoms with E-state index in [4.69, 9.17) is 0 Å². The van der Waals surface area contributed by atoms with E-state index >= 15 is 0 Å². The fraction of sp³-hybridized carbons (Fsp3) is 0.929. The van der Waals surface area contributed by atoms with Gasteiger partial charge in [0.1, 0.15) is 6.04 Å². The molecule has 6 nitrogen and oxygen atoms in total. The van der Waals surface area contributed by atoms with Crippen molar-refractivity contribution >= 4 is 16.2 Å². The van der Waals surface area contributed by atoms with E-state index in [9.17, 15) is 18.3 Å². The molecule has 2 N–H and O–H groups in total. The molecule has 0 radical (unpaired) electrons. The van der Waals surface area contributed by atoms with Crippen LogP contribution in [-0.4, -0.2) is 42.9 Å². The fourth-order valence-electron chi connectivity index (χ4n) is 4.36. The summed E-state index contributed by atoms with van der Waals surface area (Å²) in [7, 11) is -3.68. The standard InChI is InChI=1S/C14H24N2O4S/c17-14(18)13-3-1-2-6-16(13)21(19,20)15-9-12-8-10-4-5-11(12)7-10/h10-13,15H,1-9H2,(H,17,18). The lowest BCUT2D eigenvalue weighted by Crippen LogP contribution is -2.52. The maximum absolute atomic E-state index is 12.4. The van der Waals surface area contributed by atoms with E-state index in [1.165, 1.54) is 19.3 Å². The van der Waals surface area contributed by atoms with Gasteiger partial charge in [0, 0.05) is 13.1 Å². The van der Waals surface area contributed by atoms with E-state index < -0.39 is 22.2 Å². The van der Waals surface area contributed by atoms with Gasteiger partial charge in [-0.05, 0) is 56.3 Å². The predicted molar refractivity (Wildman–Crippen MR) is 77.8 cm³/mol. The number of nitrogens with zero attached hydrogens (tertiary/aromatic N) is 1. The van der Waals surface area contributed by atoms with E-state index in [1.54, 1.807) is 0 Å². The lowest BCUT2D eigenvalue weighted by Gasteiger charge is -2.32. The van der Waals surface area contributed by atoms with Crippen molar-refractivity contribution in [1.82, 2.24) is 9.03 Å². The van der Waals surface area contributed by atoms with Crippen LogP contribution >= 0.6 is 0 Å². The molecule has 0 aromatic rings. The van der Waals surface area contributed by atoms with Crippen LogP contribution in [0.25, 0.3) is 0 Å². The number of fused-ring (bicyclic) bond motifs is 2. The van der Waals surface area contributed by atoms with Gasteiger partial charge in [-0.2, -0.15) is 12.7 Å². The Kier molecular flexibility index (Phi) is 4.25. The van der Waals surface area contributed by atoms with E-state index in [0.717, 1.165) is 29.5 Å². The number of nitrogens with one attached hydrogen (secondary N) is 1. The van der Waals surface area contributed by atoms with E-state index in [-0.39, 0.29) is 0 Å². The van der Waals surface area contributed by atoms with Gasteiger partial charge in [0.2, 0.25) is 0 Å². The molecule has 21 heavy (non-hydrogen) atoms. The normalized spacial score (nSPS) is 37.0. The van der Waals surface area contributed by atoms with Crippen LogP contribution in [0.1, 0.15) is 44.9 Å². The lowest BCUT2D eigenvalue weighted by atomic mass is 9.89. The number of piperidine rings is 1. The zero-order valence-electron chi connectivity index (χ0n) is 12.2. The smallest absolute Gasteiger partial charge is 0.322 e. The Labute approximate surface area is 126 Å². The van der Waals surface area contributed by atoms with Crippen molar-refractivity contribution in [3.05, 3.63) is 0 Å². The van der Waals surface area contributed by atoms with Crippen molar-refractivity contribution in [2.45, 2.75) is 51.0 Å². The van der Waals surface area contributed by atoms with Gasteiger partial charge < -0.3 is 5.11 Å². The largest absolute Gasteiger partial charge is 0.480 e. The van der Waals surface area contributed by atoms with Gasteiger partial charge in [-0.1, -0.05) is 6.42 Å². The first-order chi connectivity index (χ1) is 9.97. The molecule has 4 unspecified atom stereocenters. The highest BCUT2D eigenvalue weighted by Gasteiger charge is 2.41. The number of hydrogen-bond acceptors (Lipinski definition) is 3. The molecule has 1 saturated heterocycles. The van der Waals surface area contributed by atoms with E-state index in [1.807, 2.05) is 0 Å². The third-order valence-electron chi connectivity index (χ3n) is 5.46. The second kappa shape index (κ2) is 5.85. The number of hydrogen-bond donors (Lipinski definition) is 2. The second-order valence-corrected chi connectivity index (χ2v) is 8.46. The molecular weight excluding hydrogens is 292 g/mol. The molecular formula is C14H24N2O4S. The molecule has 7 heteroatoms.